The second-order valence-electron chi connectivity index (χ2n) is 1.27. The molecule has 0 aliphatic carbocycles. The van der Waals surface area contributed by atoms with Crippen molar-refractivity contribution >= 4 is 6.72 Å². The largest absolute Gasteiger partial charge is 0.328 e. The van der Waals surface area contributed by atoms with E-state index < -0.39 is 0 Å². The van der Waals surface area contributed by atoms with E-state index in [-0.39, 0.29) is 6.04 Å². The van der Waals surface area contributed by atoms with E-state index in [4.69, 9.17) is 5.73 Å². The molecule has 0 bridgehead atoms. The molecule has 0 aromatic heterocycles. The van der Waals surface area contributed by atoms with Gasteiger partial charge in [0.1, 0.15) is 0 Å². The van der Waals surface area contributed by atoms with Crippen molar-refractivity contribution in [3.8, 4) is 0 Å². The van der Waals surface area contributed by atoms with Crippen molar-refractivity contribution in [3.63, 3.8) is 0 Å². The van der Waals surface area contributed by atoms with E-state index in [2.05, 4.69) is 11.7 Å². The summed E-state index contributed by atoms with van der Waals surface area (Å²) in [4.78, 5) is 3.63. The molecule has 0 saturated carbocycles. The van der Waals surface area contributed by atoms with Gasteiger partial charge in [-0.25, -0.2) is 0 Å². The molecule has 0 aliphatic heterocycles. The summed E-state index contributed by atoms with van der Waals surface area (Å²) in [6.45, 7) is 5.83. The molecular formula is C4H10N2. The van der Waals surface area contributed by atoms with Crippen LogP contribution in [0.2, 0.25) is 0 Å². The van der Waals surface area contributed by atoms with Crippen LogP contribution in [0.25, 0.3) is 0 Å². The molecule has 2 heteroatoms. The van der Waals surface area contributed by atoms with Gasteiger partial charge in [-0.15, -0.1) is 0 Å². The smallest absolute Gasteiger partial charge is 0.0586 e. The van der Waals surface area contributed by atoms with Crippen molar-refractivity contribution < 1.29 is 0 Å². The van der Waals surface area contributed by atoms with E-state index in [1.807, 2.05) is 6.92 Å². The summed E-state index contributed by atoms with van der Waals surface area (Å²) < 4.78 is 0. The molecule has 0 fully saturated rings. The van der Waals surface area contributed by atoms with Gasteiger partial charge in [-0.05, 0) is 13.6 Å². The molecule has 0 spiro atoms. The lowest BCUT2D eigenvalue weighted by Gasteiger charge is -1.94. The minimum atomic E-state index is 0.227. The lowest BCUT2D eigenvalue weighted by molar-refractivity contribution is 0.760. The second kappa shape index (κ2) is 2.85. The standard InChI is InChI=1S/C4H10N2/c1-4(3-5)6-2/h4H,2-3,5H2,1H3. The summed E-state index contributed by atoms with van der Waals surface area (Å²) in [5.41, 5.74) is 5.15. The maximum absolute atomic E-state index is 5.15. The molecule has 1 atom stereocenters. The fourth-order valence-electron chi connectivity index (χ4n) is 0.0745. The van der Waals surface area contributed by atoms with Crippen molar-refractivity contribution in [2.24, 2.45) is 10.7 Å². The molecule has 0 amide bonds. The molecular weight excluding hydrogens is 76.1 g/mol. The van der Waals surface area contributed by atoms with E-state index >= 15 is 0 Å². The second-order valence-corrected chi connectivity index (χ2v) is 1.27. The van der Waals surface area contributed by atoms with Crippen LogP contribution in [0.5, 0.6) is 0 Å². The molecule has 0 heterocycles. The van der Waals surface area contributed by atoms with Crippen molar-refractivity contribution in [1.29, 1.82) is 0 Å². The maximum Gasteiger partial charge on any atom is 0.0586 e. The monoisotopic (exact) mass is 86.1 g/mol. The number of nitrogens with two attached hydrogens (primary N) is 1. The molecule has 6 heavy (non-hydrogen) atoms. The first-order valence-electron chi connectivity index (χ1n) is 1.97. The highest BCUT2D eigenvalue weighted by molar-refractivity contribution is 5.23. The van der Waals surface area contributed by atoms with E-state index in [9.17, 15) is 0 Å². The Balaban J connectivity index is 2.96. The molecule has 0 radical (unpaired) electrons. The van der Waals surface area contributed by atoms with Crippen LogP contribution < -0.4 is 5.73 Å². The highest BCUT2D eigenvalue weighted by Gasteiger charge is 1.85. The fourth-order valence-corrected chi connectivity index (χ4v) is 0.0745. The number of rotatable bonds is 2. The molecule has 1 unspecified atom stereocenters. The maximum atomic E-state index is 5.15. The molecule has 0 aromatic carbocycles. The minimum Gasteiger partial charge on any atom is -0.328 e. The molecule has 0 aromatic rings. The Morgan fingerprint density at radius 3 is 2.50 bits per heavy atom. The van der Waals surface area contributed by atoms with Gasteiger partial charge in [0.2, 0.25) is 0 Å². The van der Waals surface area contributed by atoms with Crippen LogP contribution in [0.3, 0.4) is 0 Å². The first-order chi connectivity index (χ1) is 2.81. The van der Waals surface area contributed by atoms with Gasteiger partial charge in [0.15, 0.2) is 0 Å². The minimum absolute atomic E-state index is 0.227. The van der Waals surface area contributed by atoms with Crippen molar-refractivity contribution in [2.75, 3.05) is 6.54 Å². The zero-order valence-corrected chi connectivity index (χ0v) is 4.02. The van der Waals surface area contributed by atoms with Gasteiger partial charge in [0.05, 0.1) is 6.04 Å². The van der Waals surface area contributed by atoms with Crippen LogP contribution in [0, 0.1) is 0 Å². The Kier molecular flexibility index (Phi) is 2.67. The fraction of sp³-hybridized carbons (Fsp3) is 0.750. The third-order valence-corrected chi connectivity index (χ3v) is 0.653. The Morgan fingerprint density at radius 2 is 2.50 bits per heavy atom. The van der Waals surface area contributed by atoms with Crippen molar-refractivity contribution in [1.82, 2.24) is 0 Å². The SMILES string of the molecule is C=NC(C)CN. The van der Waals surface area contributed by atoms with Crippen LogP contribution in [-0.4, -0.2) is 19.3 Å². The third kappa shape index (κ3) is 1.91. The Bertz CT molecular complexity index is 42.8. The van der Waals surface area contributed by atoms with E-state index in [0.29, 0.717) is 6.54 Å². The lowest BCUT2D eigenvalue weighted by Crippen LogP contribution is -2.12. The zero-order valence-electron chi connectivity index (χ0n) is 4.02. The predicted molar refractivity (Wildman–Crippen MR) is 28.1 cm³/mol. The highest BCUT2D eigenvalue weighted by atomic mass is 14.8. The van der Waals surface area contributed by atoms with Gasteiger partial charge >= 0.3 is 0 Å². The number of hydrogen-bond donors (Lipinski definition) is 1. The van der Waals surface area contributed by atoms with Gasteiger partial charge in [0.25, 0.3) is 0 Å². The molecule has 0 saturated heterocycles. The molecule has 0 rings (SSSR count). The summed E-state index contributed by atoms with van der Waals surface area (Å²) in [5, 5.41) is 0. The average Bonchev–Trinajstić information content (AvgIpc) is 1.65. The Morgan fingerprint density at radius 1 is 2.00 bits per heavy atom. The molecule has 2 N–H and O–H groups in total. The summed E-state index contributed by atoms with van der Waals surface area (Å²) in [7, 11) is 0. The average molecular weight is 86.1 g/mol. The van der Waals surface area contributed by atoms with Crippen LogP contribution in [0.15, 0.2) is 4.99 Å². The van der Waals surface area contributed by atoms with E-state index in [1.54, 1.807) is 0 Å². The summed E-state index contributed by atoms with van der Waals surface area (Å²) in [6, 6.07) is 0.227. The zero-order chi connectivity index (χ0) is 4.99. The number of aliphatic imine (C=N–C) groups is 1. The molecule has 36 valence electrons. The topological polar surface area (TPSA) is 38.4 Å². The first-order valence-corrected chi connectivity index (χ1v) is 1.97. The van der Waals surface area contributed by atoms with Gasteiger partial charge in [-0.2, -0.15) is 0 Å². The highest BCUT2D eigenvalue weighted by Crippen LogP contribution is 1.77. The van der Waals surface area contributed by atoms with Crippen LogP contribution >= 0.6 is 0 Å². The van der Waals surface area contributed by atoms with Crippen molar-refractivity contribution in [2.45, 2.75) is 13.0 Å². The normalized spacial score (nSPS) is 13.7. The predicted octanol–water partition coefficient (Wildman–Crippen LogP) is 0.0342. The van der Waals surface area contributed by atoms with Crippen LogP contribution in [-0.2, 0) is 0 Å². The summed E-state index contributed by atoms with van der Waals surface area (Å²) in [6.07, 6.45) is 0. The van der Waals surface area contributed by atoms with Crippen molar-refractivity contribution in [3.05, 3.63) is 0 Å². The quantitative estimate of drug-likeness (QED) is 0.473. The Hall–Kier alpha value is -0.370. The van der Waals surface area contributed by atoms with Gasteiger partial charge in [-0.1, -0.05) is 0 Å². The Labute approximate surface area is 38.1 Å². The third-order valence-electron chi connectivity index (χ3n) is 0.653. The number of nitrogens with zero attached hydrogens (tertiary/aromatic N) is 1. The van der Waals surface area contributed by atoms with Crippen LogP contribution in [0.4, 0.5) is 0 Å². The number of hydrogen-bond acceptors (Lipinski definition) is 2. The first kappa shape index (κ1) is 5.63. The van der Waals surface area contributed by atoms with E-state index in [0.717, 1.165) is 0 Å². The van der Waals surface area contributed by atoms with Gasteiger partial charge < -0.3 is 5.73 Å². The summed E-state index contributed by atoms with van der Waals surface area (Å²) in [5.74, 6) is 0. The van der Waals surface area contributed by atoms with Gasteiger partial charge in [-0.3, -0.25) is 4.99 Å². The van der Waals surface area contributed by atoms with Crippen LogP contribution in [0.1, 0.15) is 6.92 Å². The van der Waals surface area contributed by atoms with E-state index in [1.165, 1.54) is 0 Å². The lowest BCUT2D eigenvalue weighted by atomic mass is 10.4. The molecule has 2 nitrogen and oxygen atoms in total. The molecule has 0 aliphatic rings. The summed E-state index contributed by atoms with van der Waals surface area (Å²) >= 11 is 0. The van der Waals surface area contributed by atoms with Gasteiger partial charge in [0, 0.05) is 6.54 Å².